The van der Waals surface area contributed by atoms with Crippen molar-refractivity contribution in [2.45, 2.75) is 44.6 Å². The van der Waals surface area contributed by atoms with Crippen molar-refractivity contribution in [1.29, 1.82) is 0 Å². The highest BCUT2D eigenvalue weighted by Gasteiger charge is 2.40. The van der Waals surface area contributed by atoms with E-state index in [1.807, 2.05) is 11.9 Å². The molecule has 0 aliphatic carbocycles. The van der Waals surface area contributed by atoms with Crippen LogP contribution in [0.1, 0.15) is 38.5 Å². The number of piperidine rings is 3. The number of amides is 1. The molecular weight excluding hydrogens is 238 g/mol. The first kappa shape index (κ1) is 13.4. The van der Waals surface area contributed by atoms with E-state index in [0.29, 0.717) is 11.3 Å². The zero-order chi connectivity index (χ0) is 13.3. The molecule has 1 N–H and O–H groups in total. The summed E-state index contributed by atoms with van der Waals surface area (Å²) in [5.41, 5.74) is 0.432. The lowest BCUT2D eigenvalue weighted by Gasteiger charge is -2.48. The average Bonchev–Trinajstić information content (AvgIpc) is 2.45. The monoisotopic (exact) mass is 265 g/mol. The third-order valence-electron chi connectivity index (χ3n) is 5.51. The van der Waals surface area contributed by atoms with Crippen LogP contribution >= 0.6 is 0 Å². The maximum absolute atomic E-state index is 11.6. The number of likely N-dealkylation sites (tertiary alicyclic amines) is 2. The largest absolute Gasteiger partial charge is 0.345 e. The molecule has 0 aromatic heterocycles. The van der Waals surface area contributed by atoms with Crippen molar-refractivity contribution < 1.29 is 4.79 Å². The summed E-state index contributed by atoms with van der Waals surface area (Å²) in [6.45, 7) is 5.82. The lowest BCUT2D eigenvalue weighted by atomic mass is 9.72. The maximum atomic E-state index is 11.6. The van der Waals surface area contributed by atoms with Gasteiger partial charge in [-0.05, 0) is 57.2 Å². The summed E-state index contributed by atoms with van der Waals surface area (Å²) >= 11 is 0. The molecule has 3 saturated heterocycles. The van der Waals surface area contributed by atoms with E-state index in [-0.39, 0.29) is 0 Å². The van der Waals surface area contributed by atoms with Gasteiger partial charge in [0.25, 0.3) is 0 Å². The normalized spacial score (nSPS) is 32.8. The fraction of sp³-hybridized carbons (Fsp3) is 0.933. The maximum Gasteiger partial charge on any atom is 0.222 e. The van der Waals surface area contributed by atoms with E-state index >= 15 is 0 Å². The molecule has 3 aliphatic rings. The third kappa shape index (κ3) is 2.79. The summed E-state index contributed by atoms with van der Waals surface area (Å²) in [7, 11) is 1.97. The van der Waals surface area contributed by atoms with Crippen LogP contribution in [0.25, 0.3) is 0 Å². The topological polar surface area (TPSA) is 35.6 Å². The number of carbonyl (C=O) groups is 1. The number of nitrogens with zero attached hydrogens (tertiary/aromatic N) is 2. The first-order chi connectivity index (χ1) is 9.19. The number of nitrogens with one attached hydrogen (secondary N) is 1. The highest BCUT2D eigenvalue weighted by atomic mass is 16.2. The summed E-state index contributed by atoms with van der Waals surface area (Å²) in [5.74, 6) is 0.338. The molecule has 4 nitrogen and oxygen atoms in total. The molecule has 0 saturated carbocycles. The van der Waals surface area contributed by atoms with Gasteiger partial charge in [0, 0.05) is 32.6 Å². The second-order valence-electron chi connectivity index (χ2n) is 6.79. The van der Waals surface area contributed by atoms with Crippen molar-refractivity contribution in [3.8, 4) is 0 Å². The van der Waals surface area contributed by atoms with E-state index in [1.54, 1.807) is 0 Å². The lowest BCUT2D eigenvalue weighted by molar-refractivity contribution is -0.137. The Labute approximate surface area is 116 Å². The molecule has 3 heterocycles. The van der Waals surface area contributed by atoms with Crippen molar-refractivity contribution in [2.75, 3.05) is 39.8 Å². The average molecular weight is 265 g/mol. The molecule has 0 aromatic carbocycles. The summed E-state index contributed by atoms with van der Waals surface area (Å²) in [5, 5.41) is 3.52. The molecule has 19 heavy (non-hydrogen) atoms. The molecule has 1 amide bonds. The zero-order valence-electron chi connectivity index (χ0n) is 12.2. The lowest BCUT2D eigenvalue weighted by Crippen LogP contribution is -2.54. The van der Waals surface area contributed by atoms with Crippen molar-refractivity contribution in [1.82, 2.24) is 15.1 Å². The fourth-order valence-corrected chi connectivity index (χ4v) is 4.15. The molecule has 0 radical (unpaired) electrons. The van der Waals surface area contributed by atoms with Crippen LogP contribution in [0.15, 0.2) is 0 Å². The van der Waals surface area contributed by atoms with Gasteiger partial charge in [-0.15, -0.1) is 0 Å². The van der Waals surface area contributed by atoms with Crippen LogP contribution in [0.4, 0.5) is 0 Å². The summed E-state index contributed by atoms with van der Waals surface area (Å²) in [6, 6.07) is 0.758. The molecule has 1 unspecified atom stereocenters. The van der Waals surface area contributed by atoms with Crippen LogP contribution in [-0.2, 0) is 4.79 Å². The second-order valence-corrected chi connectivity index (χ2v) is 6.79. The molecule has 4 heteroatoms. The Morgan fingerprint density at radius 3 is 2.68 bits per heavy atom. The van der Waals surface area contributed by atoms with Crippen molar-refractivity contribution >= 4 is 5.91 Å². The number of hydrogen-bond acceptors (Lipinski definition) is 3. The molecular formula is C15H27N3O. The van der Waals surface area contributed by atoms with E-state index in [9.17, 15) is 4.79 Å². The minimum absolute atomic E-state index is 0.338. The van der Waals surface area contributed by atoms with Gasteiger partial charge in [-0.2, -0.15) is 0 Å². The fourth-order valence-electron chi connectivity index (χ4n) is 4.15. The van der Waals surface area contributed by atoms with Crippen LogP contribution in [0, 0.1) is 5.41 Å². The molecule has 3 aliphatic heterocycles. The molecule has 3 fully saturated rings. The van der Waals surface area contributed by atoms with Crippen molar-refractivity contribution in [3.63, 3.8) is 0 Å². The van der Waals surface area contributed by atoms with Crippen molar-refractivity contribution in [2.24, 2.45) is 5.41 Å². The molecule has 3 rings (SSSR count). The van der Waals surface area contributed by atoms with Crippen LogP contribution in [-0.4, -0.2) is 61.5 Å². The zero-order valence-corrected chi connectivity index (χ0v) is 12.2. The molecule has 0 aromatic rings. The number of rotatable bonds is 1. The Kier molecular flexibility index (Phi) is 3.81. The van der Waals surface area contributed by atoms with Gasteiger partial charge in [0.2, 0.25) is 5.91 Å². The highest BCUT2D eigenvalue weighted by molar-refractivity contribution is 5.76. The predicted molar refractivity (Wildman–Crippen MR) is 76.0 cm³/mol. The van der Waals surface area contributed by atoms with Crippen LogP contribution < -0.4 is 5.32 Å². The SMILES string of the molecule is CN1CC2(CCC1=O)CCN(C1CCCNC1)CC2. The highest BCUT2D eigenvalue weighted by Crippen LogP contribution is 2.40. The second kappa shape index (κ2) is 5.41. The first-order valence-corrected chi connectivity index (χ1v) is 7.87. The van der Waals surface area contributed by atoms with Gasteiger partial charge in [-0.3, -0.25) is 9.69 Å². The van der Waals surface area contributed by atoms with Gasteiger partial charge in [-0.25, -0.2) is 0 Å². The number of carbonyl (C=O) groups excluding carboxylic acids is 1. The van der Waals surface area contributed by atoms with E-state index < -0.39 is 0 Å². The number of hydrogen-bond donors (Lipinski definition) is 1. The Balaban J connectivity index is 1.55. The minimum atomic E-state index is 0.338. The molecule has 1 atom stereocenters. The standard InChI is InChI=1S/C15H27N3O/c1-17-12-15(5-4-14(17)19)6-9-18(10-7-15)13-3-2-8-16-11-13/h13,16H,2-12H2,1H3. The summed E-state index contributed by atoms with van der Waals surface area (Å²) in [4.78, 5) is 16.3. The van der Waals surface area contributed by atoms with Gasteiger partial charge in [-0.1, -0.05) is 0 Å². The molecule has 0 bridgehead atoms. The molecule has 108 valence electrons. The Bertz CT molecular complexity index is 330. The predicted octanol–water partition coefficient (Wildman–Crippen LogP) is 1.07. The van der Waals surface area contributed by atoms with E-state index in [2.05, 4.69) is 10.2 Å². The van der Waals surface area contributed by atoms with Crippen LogP contribution in [0.2, 0.25) is 0 Å². The summed E-state index contributed by atoms with van der Waals surface area (Å²) < 4.78 is 0. The minimum Gasteiger partial charge on any atom is -0.345 e. The Hall–Kier alpha value is -0.610. The van der Waals surface area contributed by atoms with E-state index in [1.165, 1.54) is 51.9 Å². The van der Waals surface area contributed by atoms with Gasteiger partial charge < -0.3 is 10.2 Å². The smallest absolute Gasteiger partial charge is 0.222 e. The van der Waals surface area contributed by atoms with E-state index in [4.69, 9.17) is 0 Å². The molecule has 1 spiro atoms. The quantitative estimate of drug-likeness (QED) is 0.770. The Morgan fingerprint density at radius 1 is 1.26 bits per heavy atom. The third-order valence-corrected chi connectivity index (χ3v) is 5.51. The van der Waals surface area contributed by atoms with Crippen molar-refractivity contribution in [3.05, 3.63) is 0 Å². The summed E-state index contributed by atoms with van der Waals surface area (Å²) in [6.07, 6.45) is 7.12. The van der Waals surface area contributed by atoms with Crippen LogP contribution in [0.5, 0.6) is 0 Å². The Morgan fingerprint density at radius 2 is 2.05 bits per heavy atom. The van der Waals surface area contributed by atoms with Gasteiger partial charge in [0.15, 0.2) is 0 Å². The van der Waals surface area contributed by atoms with Gasteiger partial charge in [0.05, 0.1) is 0 Å². The van der Waals surface area contributed by atoms with Crippen LogP contribution in [0.3, 0.4) is 0 Å². The van der Waals surface area contributed by atoms with E-state index in [0.717, 1.165) is 25.4 Å². The van der Waals surface area contributed by atoms with Gasteiger partial charge in [0.1, 0.15) is 0 Å². The van der Waals surface area contributed by atoms with Gasteiger partial charge >= 0.3 is 0 Å². The first-order valence-electron chi connectivity index (χ1n) is 7.87.